The normalized spacial score (nSPS) is 11.3. The van der Waals surface area contributed by atoms with Gasteiger partial charge in [0.25, 0.3) is 5.69 Å². The Morgan fingerprint density at radius 2 is 2.00 bits per heavy atom. The molecule has 20 heavy (non-hydrogen) atoms. The molecule has 6 heteroatoms. The number of aliphatic carboxylic acids is 1. The number of nitro groups is 1. The third kappa shape index (κ3) is 3.14. The first-order valence-corrected chi connectivity index (χ1v) is 6.59. The molecule has 6 nitrogen and oxygen atoms in total. The molecule has 0 aliphatic heterocycles. The number of nitrogens with zero attached hydrogens (tertiary/aromatic N) is 1. The van der Waals surface area contributed by atoms with E-state index in [0.29, 0.717) is 24.9 Å². The largest absolute Gasteiger partial charge is 0.480 e. The van der Waals surface area contributed by atoms with Crippen molar-refractivity contribution < 1.29 is 14.8 Å². The van der Waals surface area contributed by atoms with Gasteiger partial charge in [0, 0.05) is 18.2 Å². The van der Waals surface area contributed by atoms with Gasteiger partial charge in [-0.25, -0.2) is 0 Å². The van der Waals surface area contributed by atoms with Gasteiger partial charge in [-0.15, -0.1) is 0 Å². The van der Waals surface area contributed by atoms with Crippen LogP contribution in [-0.2, 0) is 11.3 Å². The first-order valence-electron chi connectivity index (χ1n) is 6.59. The second kappa shape index (κ2) is 6.47. The van der Waals surface area contributed by atoms with Crippen LogP contribution in [0.3, 0.4) is 0 Å². The summed E-state index contributed by atoms with van der Waals surface area (Å²) in [6.07, 6.45) is 0.902. The minimum atomic E-state index is -0.989. The van der Waals surface area contributed by atoms with Crippen LogP contribution in [0.15, 0.2) is 18.2 Å². The Kier molecular flexibility index (Phi) is 5.21. The fourth-order valence-electron chi connectivity index (χ4n) is 2.20. The molecule has 0 unspecified atom stereocenters. The van der Waals surface area contributed by atoms with E-state index in [2.05, 4.69) is 5.32 Å². The van der Waals surface area contributed by atoms with Crippen LogP contribution in [0.2, 0.25) is 0 Å². The summed E-state index contributed by atoms with van der Waals surface area (Å²) in [5, 5.41) is 23.3. The highest BCUT2D eigenvalue weighted by Gasteiger charge is 2.34. The SMILES string of the molecule is CCC(CC)(NCc1cccc([N+](=O)[O-])c1C)C(=O)O. The van der Waals surface area contributed by atoms with Gasteiger partial charge in [-0.05, 0) is 25.3 Å². The minimum absolute atomic E-state index is 0.0539. The molecule has 1 aromatic rings. The average molecular weight is 280 g/mol. The summed E-state index contributed by atoms with van der Waals surface area (Å²) < 4.78 is 0. The lowest BCUT2D eigenvalue weighted by atomic mass is 9.92. The van der Waals surface area contributed by atoms with Crippen molar-refractivity contribution in [1.29, 1.82) is 0 Å². The quantitative estimate of drug-likeness (QED) is 0.591. The summed E-state index contributed by atoms with van der Waals surface area (Å²) in [6, 6.07) is 4.83. The second-order valence-corrected chi connectivity index (χ2v) is 4.77. The zero-order chi connectivity index (χ0) is 15.3. The predicted octanol–water partition coefficient (Wildman–Crippen LogP) is 2.64. The van der Waals surface area contributed by atoms with E-state index >= 15 is 0 Å². The number of carbonyl (C=O) groups is 1. The van der Waals surface area contributed by atoms with E-state index in [9.17, 15) is 20.0 Å². The number of carboxylic acid groups (broad SMARTS) is 1. The number of benzene rings is 1. The predicted molar refractivity (Wildman–Crippen MR) is 75.6 cm³/mol. The summed E-state index contributed by atoms with van der Waals surface area (Å²) in [5.74, 6) is -0.898. The Hall–Kier alpha value is -1.95. The molecular formula is C14H20N2O4. The standard InChI is InChI=1S/C14H20N2O4/c1-4-14(5-2,13(17)18)15-9-11-7-6-8-12(10(11)3)16(19)20/h6-8,15H,4-5,9H2,1-3H3,(H,17,18). The maximum absolute atomic E-state index is 11.4. The van der Waals surface area contributed by atoms with Gasteiger partial charge in [0.2, 0.25) is 0 Å². The summed E-state index contributed by atoms with van der Waals surface area (Å²) in [5.41, 5.74) is 0.373. The van der Waals surface area contributed by atoms with Crippen LogP contribution in [0, 0.1) is 17.0 Å². The fraction of sp³-hybridized carbons (Fsp3) is 0.500. The molecule has 0 radical (unpaired) electrons. The van der Waals surface area contributed by atoms with Crippen molar-refractivity contribution in [2.75, 3.05) is 0 Å². The first-order chi connectivity index (χ1) is 9.38. The molecule has 0 aromatic heterocycles. The molecule has 0 spiro atoms. The van der Waals surface area contributed by atoms with Crippen molar-refractivity contribution in [2.45, 2.75) is 45.7 Å². The molecule has 0 fully saturated rings. The topological polar surface area (TPSA) is 92.5 Å². The Bertz CT molecular complexity index is 510. The van der Waals surface area contributed by atoms with E-state index in [0.717, 1.165) is 5.56 Å². The van der Waals surface area contributed by atoms with E-state index < -0.39 is 16.4 Å². The van der Waals surface area contributed by atoms with E-state index in [1.807, 2.05) is 13.8 Å². The summed E-state index contributed by atoms with van der Waals surface area (Å²) in [4.78, 5) is 21.9. The Morgan fingerprint density at radius 3 is 2.45 bits per heavy atom. The number of hydrogen-bond acceptors (Lipinski definition) is 4. The number of nitro benzene ring substituents is 1. The van der Waals surface area contributed by atoms with Crippen LogP contribution in [-0.4, -0.2) is 21.5 Å². The van der Waals surface area contributed by atoms with Crippen LogP contribution in [0.4, 0.5) is 5.69 Å². The Morgan fingerprint density at radius 1 is 1.40 bits per heavy atom. The van der Waals surface area contributed by atoms with E-state index in [1.165, 1.54) is 6.07 Å². The lowest BCUT2D eigenvalue weighted by molar-refractivity contribution is -0.385. The molecule has 0 heterocycles. The van der Waals surface area contributed by atoms with Crippen LogP contribution >= 0.6 is 0 Å². The van der Waals surface area contributed by atoms with Crippen molar-refractivity contribution in [3.63, 3.8) is 0 Å². The number of nitrogens with one attached hydrogen (secondary N) is 1. The number of hydrogen-bond donors (Lipinski definition) is 2. The van der Waals surface area contributed by atoms with Gasteiger partial charge in [0.15, 0.2) is 0 Å². The van der Waals surface area contributed by atoms with Gasteiger partial charge >= 0.3 is 5.97 Å². The lowest BCUT2D eigenvalue weighted by Crippen LogP contribution is -2.50. The van der Waals surface area contributed by atoms with Crippen molar-refractivity contribution in [2.24, 2.45) is 0 Å². The molecule has 1 aromatic carbocycles. The highest BCUT2D eigenvalue weighted by molar-refractivity contribution is 5.78. The molecule has 0 aliphatic carbocycles. The molecule has 2 N–H and O–H groups in total. The van der Waals surface area contributed by atoms with Crippen molar-refractivity contribution in [3.05, 3.63) is 39.4 Å². The first kappa shape index (κ1) is 16.1. The van der Waals surface area contributed by atoms with Crippen molar-refractivity contribution >= 4 is 11.7 Å². The zero-order valence-electron chi connectivity index (χ0n) is 12.0. The minimum Gasteiger partial charge on any atom is -0.480 e. The van der Waals surface area contributed by atoms with Crippen molar-refractivity contribution in [3.8, 4) is 0 Å². The highest BCUT2D eigenvalue weighted by Crippen LogP contribution is 2.23. The zero-order valence-corrected chi connectivity index (χ0v) is 12.0. The molecule has 0 atom stereocenters. The lowest BCUT2D eigenvalue weighted by Gasteiger charge is -2.28. The average Bonchev–Trinajstić information content (AvgIpc) is 2.41. The van der Waals surface area contributed by atoms with E-state index in [1.54, 1.807) is 19.1 Å². The molecule has 1 rings (SSSR count). The third-order valence-electron chi connectivity index (χ3n) is 3.85. The third-order valence-corrected chi connectivity index (χ3v) is 3.85. The van der Waals surface area contributed by atoms with Gasteiger partial charge < -0.3 is 5.11 Å². The summed E-state index contributed by atoms with van der Waals surface area (Å²) in [6.45, 7) is 5.59. The summed E-state index contributed by atoms with van der Waals surface area (Å²) in [7, 11) is 0. The molecule has 0 saturated carbocycles. The Labute approximate surface area is 118 Å². The molecular weight excluding hydrogens is 260 g/mol. The molecule has 0 saturated heterocycles. The molecule has 0 amide bonds. The van der Waals surface area contributed by atoms with Crippen LogP contribution in [0.1, 0.15) is 37.8 Å². The van der Waals surface area contributed by atoms with Crippen LogP contribution in [0.5, 0.6) is 0 Å². The maximum atomic E-state index is 11.4. The molecule has 0 bridgehead atoms. The number of rotatable bonds is 7. The summed E-state index contributed by atoms with van der Waals surface area (Å²) >= 11 is 0. The fourth-order valence-corrected chi connectivity index (χ4v) is 2.20. The van der Waals surface area contributed by atoms with Gasteiger partial charge in [-0.3, -0.25) is 20.2 Å². The maximum Gasteiger partial charge on any atom is 0.323 e. The van der Waals surface area contributed by atoms with Crippen LogP contribution in [0.25, 0.3) is 0 Å². The monoisotopic (exact) mass is 280 g/mol. The van der Waals surface area contributed by atoms with Crippen LogP contribution < -0.4 is 5.32 Å². The van der Waals surface area contributed by atoms with Gasteiger partial charge in [-0.1, -0.05) is 26.0 Å². The Balaban J connectivity index is 2.97. The van der Waals surface area contributed by atoms with Gasteiger partial charge in [0.1, 0.15) is 5.54 Å². The molecule has 110 valence electrons. The van der Waals surface area contributed by atoms with Gasteiger partial charge in [0.05, 0.1) is 4.92 Å². The number of carboxylic acids is 1. The second-order valence-electron chi connectivity index (χ2n) is 4.77. The smallest absolute Gasteiger partial charge is 0.323 e. The van der Waals surface area contributed by atoms with E-state index in [-0.39, 0.29) is 5.69 Å². The molecule has 0 aliphatic rings. The van der Waals surface area contributed by atoms with Gasteiger partial charge in [-0.2, -0.15) is 0 Å². The highest BCUT2D eigenvalue weighted by atomic mass is 16.6. The van der Waals surface area contributed by atoms with Crippen molar-refractivity contribution in [1.82, 2.24) is 5.32 Å². The van der Waals surface area contributed by atoms with E-state index in [4.69, 9.17) is 0 Å².